The van der Waals surface area contributed by atoms with Crippen LogP contribution in [0.3, 0.4) is 0 Å². The lowest BCUT2D eigenvalue weighted by Crippen LogP contribution is -2.51. The van der Waals surface area contributed by atoms with Crippen LogP contribution in [-0.4, -0.2) is 41.6 Å². The number of anilines is 1. The minimum atomic E-state index is -0.701. The number of imide groups is 1. The molecule has 1 unspecified atom stereocenters. The molecule has 4 amide bonds. The van der Waals surface area contributed by atoms with Gasteiger partial charge in [0, 0.05) is 25.1 Å². The molecule has 2 rings (SSSR count). The molecule has 0 spiro atoms. The van der Waals surface area contributed by atoms with Crippen LogP contribution in [0.15, 0.2) is 18.2 Å². The number of carbonyl (C=O) groups excluding carboxylic acids is 4. The number of hydrogen-bond donors (Lipinski definition) is 3. The van der Waals surface area contributed by atoms with E-state index in [0.29, 0.717) is 31.5 Å². The van der Waals surface area contributed by atoms with Crippen LogP contribution >= 0.6 is 0 Å². The first-order valence-corrected chi connectivity index (χ1v) is 9.09. The Morgan fingerprint density at radius 1 is 1.37 bits per heavy atom. The van der Waals surface area contributed by atoms with Crippen LogP contribution in [0.25, 0.3) is 0 Å². The zero-order valence-electron chi connectivity index (χ0n) is 15.5. The van der Waals surface area contributed by atoms with Crippen LogP contribution in [0.2, 0.25) is 0 Å². The number of carbonyl (C=O) groups is 4. The Hall–Kier alpha value is -2.74. The van der Waals surface area contributed by atoms with Crippen molar-refractivity contribution in [2.75, 3.05) is 11.9 Å². The van der Waals surface area contributed by atoms with E-state index in [1.165, 1.54) is 4.90 Å². The summed E-state index contributed by atoms with van der Waals surface area (Å²) in [6.07, 6.45) is 2.95. The van der Waals surface area contributed by atoms with E-state index in [4.69, 9.17) is 5.73 Å². The summed E-state index contributed by atoms with van der Waals surface area (Å²) in [7, 11) is 0. The maximum atomic E-state index is 12.2. The molecule has 1 saturated heterocycles. The molecule has 27 heavy (non-hydrogen) atoms. The fraction of sp³-hybridized carbons (Fsp3) is 0.474. The lowest BCUT2D eigenvalue weighted by Gasteiger charge is -2.31. The summed E-state index contributed by atoms with van der Waals surface area (Å²) in [6, 6.07) is 4.78. The van der Waals surface area contributed by atoms with Crippen molar-refractivity contribution in [3.63, 3.8) is 0 Å². The average molecular weight is 374 g/mol. The largest absolute Gasteiger partial charge is 0.330 e. The second kappa shape index (κ2) is 9.82. The number of nitrogens with two attached hydrogens (primary N) is 1. The monoisotopic (exact) mass is 374 g/mol. The zero-order valence-corrected chi connectivity index (χ0v) is 15.5. The van der Waals surface area contributed by atoms with Crippen molar-refractivity contribution in [3.05, 3.63) is 29.3 Å². The Morgan fingerprint density at radius 3 is 2.81 bits per heavy atom. The molecule has 1 aromatic carbocycles. The summed E-state index contributed by atoms with van der Waals surface area (Å²) in [4.78, 5) is 48.6. The van der Waals surface area contributed by atoms with E-state index in [-0.39, 0.29) is 31.2 Å². The molecule has 0 bridgehead atoms. The second-order valence-corrected chi connectivity index (χ2v) is 6.64. The van der Waals surface area contributed by atoms with Crippen LogP contribution in [0, 0.1) is 6.92 Å². The van der Waals surface area contributed by atoms with Crippen molar-refractivity contribution in [1.29, 1.82) is 0 Å². The highest BCUT2D eigenvalue weighted by Crippen LogP contribution is 2.24. The molecule has 8 nitrogen and oxygen atoms in total. The zero-order chi connectivity index (χ0) is 19.8. The van der Waals surface area contributed by atoms with Gasteiger partial charge < -0.3 is 16.0 Å². The summed E-state index contributed by atoms with van der Waals surface area (Å²) in [5, 5.41) is 5.15. The summed E-state index contributed by atoms with van der Waals surface area (Å²) < 4.78 is 0. The predicted molar refractivity (Wildman–Crippen MR) is 100 cm³/mol. The van der Waals surface area contributed by atoms with E-state index in [1.807, 2.05) is 19.1 Å². The Morgan fingerprint density at radius 2 is 2.15 bits per heavy atom. The van der Waals surface area contributed by atoms with E-state index >= 15 is 0 Å². The molecular formula is C19H26N4O4. The fourth-order valence-electron chi connectivity index (χ4n) is 3.07. The summed E-state index contributed by atoms with van der Waals surface area (Å²) in [5.41, 5.74) is 7.73. The molecule has 1 fully saturated rings. The summed E-state index contributed by atoms with van der Waals surface area (Å²) in [6.45, 7) is 2.59. The Balaban J connectivity index is 2.14. The molecule has 1 aliphatic heterocycles. The number of nitrogens with zero attached hydrogens (tertiary/aromatic N) is 1. The SMILES string of the molecule is Cc1cccc(NC(=O)CCCCN)c1CN(C=O)C1CCC(=O)NC1=O. The number of amides is 4. The van der Waals surface area contributed by atoms with Crippen molar-refractivity contribution in [2.24, 2.45) is 5.73 Å². The molecule has 1 aliphatic rings. The second-order valence-electron chi connectivity index (χ2n) is 6.64. The first-order valence-electron chi connectivity index (χ1n) is 9.09. The fourth-order valence-corrected chi connectivity index (χ4v) is 3.07. The van der Waals surface area contributed by atoms with E-state index in [2.05, 4.69) is 10.6 Å². The van der Waals surface area contributed by atoms with E-state index in [9.17, 15) is 19.2 Å². The Labute approximate surface area is 158 Å². The molecule has 0 saturated carbocycles. The quantitative estimate of drug-likeness (QED) is 0.336. The molecule has 0 aromatic heterocycles. The van der Waals surface area contributed by atoms with Crippen molar-refractivity contribution >= 4 is 29.8 Å². The lowest BCUT2D eigenvalue weighted by molar-refractivity contribution is -0.141. The summed E-state index contributed by atoms with van der Waals surface area (Å²) in [5.74, 6) is -0.920. The molecular weight excluding hydrogens is 348 g/mol. The van der Waals surface area contributed by atoms with Gasteiger partial charge in [-0.2, -0.15) is 0 Å². The third kappa shape index (κ3) is 5.62. The first kappa shape index (κ1) is 20.6. The minimum Gasteiger partial charge on any atom is -0.330 e. The number of aryl methyl sites for hydroxylation is 1. The van der Waals surface area contributed by atoms with Crippen LogP contribution < -0.4 is 16.4 Å². The maximum absolute atomic E-state index is 12.2. The molecule has 8 heteroatoms. The highest BCUT2D eigenvalue weighted by atomic mass is 16.2. The third-order valence-corrected chi connectivity index (χ3v) is 4.63. The summed E-state index contributed by atoms with van der Waals surface area (Å²) >= 11 is 0. The molecule has 0 aliphatic carbocycles. The number of benzene rings is 1. The standard InChI is InChI=1S/C19H26N4O4/c1-13-5-4-6-15(21-17(25)7-2-3-10-20)14(13)11-23(12-24)16-8-9-18(26)22-19(16)27/h4-6,12,16H,2-3,7-11,20H2,1H3,(H,21,25)(H,22,26,27). The topological polar surface area (TPSA) is 122 Å². The van der Waals surface area contributed by atoms with Crippen molar-refractivity contribution in [3.8, 4) is 0 Å². The van der Waals surface area contributed by atoms with Gasteiger partial charge in [0.1, 0.15) is 6.04 Å². The van der Waals surface area contributed by atoms with Gasteiger partial charge in [0.2, 0.25) is 24.1 Å². The van der Waals surface area contributed by atoms with E-state index < -0.39 is 11.9 Å². The van der Waals surface area contributed by atoms with Crippen LogP contribution in [0.1, 0.15) is 43.2 Å². The van der Waals surface area contributed by atoms with Gasteiger partial charge in [-0.3, -0.25) is 24.5 Å². The van der Waals surface area contributed by atoms with Crippen molar-refractivity contribution < 1.29 is 19.2 Å². The highest BCUT2D eigenvalue weighted by molar-refractivity contribution is 6.00. The van der Waals surface area contributed by atoms with Gasteiger partial charge in [0.25, 0.3) is 0 Å². The average Bonchev–Trinajstić information content (AvgIpc) is 2.62. The van der Waals surface area contributed by atoms with Crippen LogP contribution in [-0.2, 0) is 25.7 Å². The van der Waals surface area contributed by atoms with Gasteiger partial charge in [0.15, 0.2) is 0 Å². The third-order valence-electron chi connectivity index (χ3n) is 4.63. The lowest BCUT2D eigenvalue weighted by atomic mass is 10.0. The molecule has 0 radical (unpaired) electrons. The van der Waals surface area contributed by atoms with Gasteiger partial charge in [-0.05, 0) is 49.9 Å². The van der Waals surface area contributed by atoms with Gasteiger partial charge in [-0.15, -0.1) is 0 Å². The number of piperidine rings is 1. The van der Waals surface area contributed by atoms with Gasteiger partial charge >= 0.3 is 0 Å². The number of rotatable bonds is 9. The Bertz CT molecular complexity index is 720. The van der Waals surface area contributed by atoms with Crippen LogP contribution in [0.5, 0.6) is 0 Å². The van der Waals surface area contributed by atoms with E-state index in [0.717, 1.165) is 17.5 Å². The molecule has 146 valence electrons. The molecule has 4 N–H and O–H groups in total. The van der Waals surface area contributed by atoms with Crippen LogP contribution in [0.4, 0.5) is 5.69 Å². The van der Waals surface area contributed by atoms with E-state index in [1.54, 1.807) is 6.07 Å². The number of hydrogen-bond acceptors (Lipinski definition) is 5. The molecule has 1 aromatic rings. The predicted octanol–water partition coefficient (Wildman–Crippen LogP) is 0.826. The molecule has 1 heterocycles. The normalized spacial score (nSPS) is 16.6. The first-order chi connectivity index (χ1) is 13.0. The van der Waals surface area contributed by atoms with Gasteiger partial charge in [-0.25, -0.2) is 0 Å². The maximum Gasteiger partial charge on any atom is 0.249 e. The number of nitrogens with one attached hydrogen (secondary N) is 2. The van der Waals surface area contributed by atoms with Gasteiger partial charge in [0.05, 0.1) is 0 Å². The minimum absolute atomic E-state index is 0.117. The van der Waals surface area contributed by atoms with Crippen molar-refractivity contribution in [2.45, 2.75) is 51.6 Å². The smallest absolute Gasteiger partial charge is 0.249 e. The van der Waals surface area contributed by atoms with Crippen molar-refractivity contribution in [1.82, 2.24) is 10.2 Å². The molecule has 1 atom stereocenters. The highest BCUT2D eigenvalue weighted by Gasteiger charge is 2.31. The van der Waals surface area contributed by atoms with Gasteiger partial charge in [-0.1, -0.05) is 12.1 Å². The Kier molecular flexibility index (Phi) is 7.48. The number of unbranched alkanes of at least 4 members (excludes halogenated alkanes) is 1.